The monoisotopic (exact) mass is 553 g/mol. The van der Waals surface area contributed by atoms with Crippen molar-refractivity contribution in [1.29, 1.82) is 0 Å². The summed E-state index contributed by atoms with van der Waals surface area (Å²) in [6.45, 7) is 11.3. The van der Waals surface area contributed by atoms with Crippen LogP contribution in [-0.4, -0.2) is 71.6 Å². The Labute approximate surface area is 227 Å². The Morgan fingerprint density at radius 1 is 1.03 bits per heavy atom. The van der Waals surface area contributed by atoms with Gasteiger partial charge in [-0.05, 0) is 66.9 Å². The first-order chi connectivity index (χ1) is 18.2. The molecule has 2 atom stereocenters. The van der Waals surface area contributed by atoms with Crippen LogP contribution >= 0.6 is 0 Å². The Morgan fingerprint density at radius 2 is 1.69 bits per heavy atom. The quantitative estimate of drug-likeness (QED) is 0.135. The summed E-state index contributed by atoms with van der Waals surface area (Å²) >= 11 is 0. The topological polar surface area (TPSA) is 195 Å². The molecule has 39 heavy (non-hydrogen) atoms. The Kier molecular flexibility index (Phi) is 11.1. The van der Waals surface area contributed by atoms with Gasteiger partial charge >= 0.3 is 12.2 Å². The Balaban J connectivity index is 1.85. The highest BCUT2D eigenvalue weighted by atomic mass is 16.8. The maximum Gasteiger partial charge on any atom is 0.408 e. The molecule has 2 aliphatic rings. The Bertz CT molecular complexity index is 1010. The number of fused-ring (bicyclic) bond motifs is 1. The smallest absolute Gasteiger partial charge is 0.408 e. The van der Waals surface area contributed by atoms with Crippen molar-refractivity contribution in [3.63, 3.8) is 0 Å². The minimum atomic E-state index is -0.857. The summed E-state index contributed by atoms with van der Waals surface area (Å²) in [6.07, 6.45) is 3.05. The van der Waals surface area contributed by atoms with Crippen molar-refractivity contribution in [1.82, 2.24) is 26.7 Å². The van der Waals surface area contributed by atoms with Crippen LogP contribution in [0.25, 0.3) is 0 Å². The highest BCUT2D eigenvalue weighted by molar-refractivity contribution is 6.05. The van der Waals surface area contributed by atoms with Crippen molar-refractivity contribution in [3.05, 3.63) is 33.7 Å². The molecule has 0 spiro atoms. The van der Waals surface area contributed by atoms with E-state index in [1.165, 1.54) is 6.08 Å². The standard InChI is InChI=1S/C24H39N7O8/c1-23(2,3)37-21(33)27-12-8-7-9-16(28-22(34)38-24(4,5)6)20(32)26-14-13-25-15-10-11-17(31(35)36)19-18(15)29-39-30-19/h10-11,16,18,25,29H,7-9,12-14H2,1-6H3,(H,26,32)(H,27,33)(H,28,34)/t16-,18?/m0/s1. The van der Waals surface area contributed by atoms with Crippen LogP contribution in [0.2, 0.25) is 0 Å². The van der Waals surface area contributed by atoms with Crippen LogP contribution in [-0.2, 0) is 19.2 Å². The summed E-state index contributed by atoms with van der Waals surface area (Å²) < 4.78 is 10.5. The second-order valence-electron chi connectivity index (χ2n) is 10.9. The number of unbranched alkanes of at least 4 members (excludes halogenated alkanes) is 1. The number of ether oxygens (including phenoxy) is 2. The zero-order chi connectivity index (χ0) is 29.2. The third kappa shape index (κ3) is 11.2. The van der Waals surface area contributed by atoms with Gasteiger partial charge < -0.3 is 30.7 Å². The highest BCUT2D eigenvalue weighted by Crippen LogP contribution is 2.19. The van der Waals surface area contributed by atoms with Crippen LogP contribution in [0.15, 0.2) is 28.7 Å². The van der Waals surface area contributed by atoms with E-state index >= 15 is 0 Å². The third-order valence-electron chi connectivity index (χ3n) is 5.13. The first kappa shape index (κ1) is 31.3. The van der Waals surface area contributed by atoms with Gasteiger partial charge in [0.1, 0.15) is 23.3 Å². The van der Waals surface area contributed by atoms with Gasteiger partial charge in [-0.1, -0.05) is 5.16 Å². The first-order valence-electron chi connectivity index (χ1n) is 12.7. The minimum absolute atomic E-state index is 0.150. The second kappa shape index (κ2) is 13.8. The molecule has 0 saturated heterocycles. The molecule has 0 saturated carbocycles. The maximum absolute atomic E-state index is 12.9. The number of oxime groups is 1. The van der Waals surface area contributed by atoms with E-state index in [1.807, 2.05) is 0 Å². The number of nitrogens with one attached hydrogen (secondary N) is 5. The van der Waals surface area contributed by atoms with Crippen LogP contribution in [0, 0.1) is 10.1 Å². The molecular formula is C24H39N7O8. The van der Waals surface area contributed by atoms with E-state index in [9.17, 15) is 24.5 Å². The van der Waals surface area contributed by atoms with E-state index < -0.39 is 46.3 Å². The van der Waals surface area contributed by atoms with Crippen molar-refractivity contribution in [2.75, 3.05) is 19.6 Å². The molecule has 15 nitrogen and oxygen atoms in total. The van der Waals surface area contributed by atoms with Crippen molar-refractivity contribution in [3.8, 4) is 0 Å². The van der Waals surface area contributed by atoms with Gasteiger partial charge in [-0.25, -0.2) is 9.59 Å². The highest BCUT2D eigenvalue weighted by Gasteiger charge is 2.38. The number of rotatable bonds is 12. The van der Waals surface area contributed by atoms with Gasteiger partial charge in [-0.2, -0.15) is 0 Å². The van der Waals surface area contributed by atoms with Crippen molar-refractivity contribution in [2.45, 2.75) is 84.1 Å². The lowest BCUT2D eigenvalue weighted by atomic mass is 10.0. The number of carbonyl (C=O) groups excluding carboxylic acids is 3. The molecule has 1 unspecified atom stereocenters. The van der Waals surface area contributed by atoms with Crippen LogP contribution in [0.3, 0.4) is 0 Å². The normalized spacial score (nSPS) is 17.3. The first-order valence-corrected chi connectivity index (χ1v) is 12.7. The van der Waals surface area contributed by atoms with Crippen LogP contribution in [0.4, 0.5) is 9.59 Å². The molecule has 0 radical (unpaired) electrons. The number of alkyl carbamates (subject to hydrolysis) is 2. The summed E-state index contributed by atoms with van der Waals surface area (Å²) in [5.74, 6) is -0.402. The van der Waals surface area contributed by atoms with Gasteiger partial charge in [-0.3, -0.25) is 19.8 Å². The Morgan fingerprint density at radius 3 is 2.33 bits per heavy atom. The van der Waals surface area contributed by atoms with Gasteiger partial charge in [0.15, 0.2) is 5.71 Å². The van der Waals surface area contributed by atoms with Gasteiger partial charge in [0.25, 0.3) is 5.70 Å². The average molecular weight is 554 g/mol. The van der Waals surface area contributed by atoms with Crippen LogP contribution < -0.4 is 26.7 Å². The summed E-state index contributed by atoms with van der Waals surface area (Å²) in [6, 6.07) is -1.48. The molecular weight excluding hydrogens is 514 g/mol. The zero-order valence-electron chi connectivity index (χ0n) is 23.2. The number of hydroxylamine groups is 1. The van der Waals surface area contributed by atoms with E-state index in [1.54, 1.807) is 47.6 Å². The predicted octanol–water partition coefficient (Wildman–Crippen LogP) is 1.60. The summed E-state index contributed by atoms with van der Waals surface area (Å²) in [7, 11) is 0. The molecule has 1 aliphatic carbocycles. The van der Waals surface area contributed by atoms with Crippen LogP contribution in [0.1, 0.15) is 60.8 Å². The molecule has 1 aliphatic heterocycles. The molecule has 0 bridgehead atoms. The molecule has 5 N–H and O–H groups in total. The maximum atomic E-state index is 12.9. The fraction of sp³-hybridized carbons (Fsp3) is 0.667. The lowest BCUT2D eigenvalue weighted by Crippen LogP contribution is -2.49. The van der Waals surface area contributed by atoms with E-state index in [4.69, 9.17) is 14.4 Å². The van der Waals surface area contributed by atoms with Gasteiger partial charge in [0, 0.05) is 31.4 Å². The molecule has 0 aromatic carbocycles. The lowest BCUT2D eigenvalue weighted by molar-refractivity contribution is -0.415. The van der Waals surface area contributed by atoms with Gasteiger partial charge in [0.05, 0.1) is 4.92 Å². The van der Waals surface area contributed by atoms with Crippen molar-refractivity contribution in [2.24, 2.45) is 5.16 Å². The Hall–Kier alpha value is -3.88. The number of hydrogen-bond acceptors (Lipinski definition) is 11. The minimum Gasteiger partial charge on any atom is -0.444 e. The van der Waals surface area contributed by atoms with E-state index in [-0.39, 0.29) is 18.0 Å². The molecule has 2 rings (SSSR count). The number of nitrogens with zero attached hydrogens (tertiary/aromatic N) is 2. The zero-order valence-corrected chi connectivity index (χ0v) is 23.2. The summed E-state index contributed by atoms with van der Waals surface area (Å²) in [4.78, 5) is 52.4. The average Bonchev–Trinajstić information content (AvgIpc) is 3.28. The van der Waals surface area contributed by atoms with Gasteiger partial charge in [0.2, 0.25) is 5.91 Å². The second-order valence-corrected chi connectivity index (χ2v) is 10.9. The van der Waals surface area contributed by atoms with Crippen molar-refractivity contribution >= 4 is 23.8 Å². The van der Waals surface area contributed by atoms with E-state index in [2.05, 4.69) is 31.9 Å². The summed E-state index contributed by atoms with van der Waals surface area (Å²) in [5.41, 5.74) is 1.83. The van der Waals surface area contributed by atoms with Crippen molar-refractivity contribution < 1.29 is 33.7 Å². The predicted molar refractivity (Wildman–Crippen MR) is 141 cm³/mol. The SMILES string of the molecule is CC(C)(C)OC(=O)NCCCC[C@H](NC(=O)OC(C)(C)C)C(=O)NCCNC1=CC=C([N+](=O)[O-])C2=NONC12. The molecule has 218 valence electrons. The lowest BCUT2D eigenvalue weighted by Gasteiger charge is -2.24. The molecule has 1 heterocycles. The largest absolute Gasteiger partial charge is 0.444 e. The number of amides is 3. The number of nitro groups is 1. The number of allylic oxidation sites excluding steroid dienone is 2. The molecule has 15 heteroatoms. The molecule has 0 aromatic rings. The van der Waals surface area contributed by atoms with E-state index in [0.717, 1.165) is 0 Å². The summed E-state index contributed by atoms with van der Waals surface area (Å²) in [5, 5.41) is 26.0. The number of carbonyl (C=O) groups is 3. The molecule has 0 aromatic heterocycles. The fourth-order valence-electron chi connectivity index (χ4n) is 3.52. The van der Waals surface area contributed by atoms with Crippen LogP contribution in [0.5, 0.6) is 0 Å². The molecule has 0 fully saturated rings. The third-order valence-corrected chi connectivity index (χ3v) is 5.13. The van der Waals surface area contributed by atoms with E-state index in [0.29, 0.717) is 38.0 Å². The van der Waals surface area contributed by atoms with Gasteiger partial charge in [-0.15, -0.1) is 5.48 Å². The number of hydrogen-bond donors (Lipinski definition) is 5. The fourth-order valence-corrected chi connectivity index (χ4v) is 3.52. The molecule has 3 amide bonds.